The monoisotopic (exact) mass is 252 g/mol. The van der Waals surface area contributed by atoms with Crippen molar-refractivity contribution >= 4 is 23.2 Å². The Balaban J connectivity index is 2.05. The van der Waals surface area contributed by atoms with Crippen LogP contribution in [-0.4, -0.2) is 38.0 Å². The van der Waals surface area contributed by atoms with Crippen molar-refractivity contribution in [3.8, 4) is 0 Å². The van der Waals surface area contributed by atoms with Gasteiger partial charge in [-0.05, 0) is 6.92 Å². The molecule has 0 radical (unpaired) electrons. The van der Waals surface area contributed by atoms with Crippen LogP contribution in [0.4, 0.5) is 5.95 Å². The number of carbonyl (C=O) groups is 1. The SMILES string of the molecule is Cc1nc(CN(C)C(=O)c2nc(N)n[nH]2)cs1. The van der Waals surface area contributed by atoms with E-state index in [1.54, 1.807) is 18.4 Å². The van der Waals surface area contributed by atoms with Gasteiger partial charge in [0.2, 0.25) is 11.8 Å². The predicted molar refractivity (Wildman–Crippen MR) is 63.4 cm³/mol. The van der Waals surface area contributed by atoms with Gasteiger partial charge < -0.3 is 10.6 Å². The fourth-order valence-electron chi connectivity index (χ4n) is 1.35. The van der Waals surface area contributed by atoms with Crippen LogP contribution in [0.15, 0.2) is 5.38 Å². The number of nitrogens with zero attached hydrogens (tertiary/aromatic N) is 4. The molecule has 0 aromatic carbocycles. The first-order valence-electron chi connectivity index (χ1n) is 4.90. The molecule has 0 aliphatic heterocycles. The third kappa shape index (κ3) is 2.59. The molecule has 7 nitrogen and oxygen atoms in total. The lowest BCUT2D eigenvalue weighted by atomic mass is 10.4. The summed E-state index contributed by atoms with van der Waals surface area (Å²) in [6, 6.07) is 0. The lowest BCUT2D eigenvalue weighted by molar-refractivity contribution is 0.0772. The Bertz CT molecular complexity index is 533. The van der Waals surface area contributed by atoms with E-state index in [1.165, 1.54) is 4.90 Å². The van der Waals surface area contributed by atoms with Gasteiger partial charge in [0, 0.05) is 12.4 Å². The summed E-state index contributed by atoms with van der Waals surface area (Å²) in [5.41, 5.74) is 6.19. The Labute approximate surface area is 102 Å². The summed E-state index contributed by atoms with van der Waals surface area (Å²) in [5, 5.41) is 8.99. The predicted octanol–water partition coefficient (Wildman–Crippen LogP) is 0.424. The van der Waals surface area contributed by atoms with Gasteiger partial charge in [-0.25, -0.2) is 4.98 Å². The van der Waals surface area contributed by atoms with Crippen molar-refractivity contribution in [2.45, 2.75) is 13.5 Å². The van der Waals surface area contributed by atoms with E-state index in [9.17, 15) is 4.79 Å². The average molecular weight is 252 g/mol. The van der Waals surface area contributed by atoms with Crippen LogP contribution < -0.4 is 5.73 Å². The summed E-state index contributed by atoms with van der Waals surface area (Å²) in [4.78, 5) is 21.5. The number of thiazole rings is 1. The van der Waals surface area contributed by atoms with Gasteiger partial charge in [0.25, 0.3) is 5.91 Å². The number of aromatic amines is 1. The number of rotatable bonds is 3. The van der Waals surface area contributed by atoms with E-state index in [-0.39, 0.29) is 17.7 Å². The topological polar surface area (TPSA) is 101 Å². The van der Waals surface area contributed by atoms with E-state index < -0.39 is 0 Å². The van der Waals surface area contributed by atoms with E-state index in [1.807, 2.05) is 12.3 Å². The second kappa shape index (κ2) is 4.50. The first-order valence-corrected chi connectivity index (χ1v) is 5.78. The van der Waals surface area contributed by atoms with E-state index >= 15 is 0 Å². The molecule has 0 aliphatic carbocycles. The van der Waals surface area contributed by atoms with Crippen LogP contribution in [-0.2, 0) is 6.54 Å². The molecule has 90 valence electrons. The number of H-pyrrole nitrogens is 1. The zero-order valence-corrected chi connectivity index (χ0v) is 10.3. The maximum atomic E-state index is 11.9. The molecule has 17 heavy (non-hydrogen) atoms. The van der Waals surface area contributed by atoms with Crippen molar-refractivity contribution in [1.82, 2.24) is 25.1 Å². The lowest BCUT2D eigenvalue weighted by Gasteiger charge is -2.13. The zero-order valence-electron chi connectivity index (χ0n) is 9.47. The molecule has 0 bridgehead atoms. The highest BCUT2D eigenvalue weighted by Gasteiger charge is 2.16. The third-order valence-corrected chi connectivity index (χ3v) is 2.94. The maximum Gasteiger partial charge on any atom is 0.291 e. The fourth-order valence-corrected chi connectivity index (χ4v) is 1.95. The highest BCUT2D eigenvalue weighted by molar-refractivity contribution is 7.09. The number of nitrogens with one attached hydrogen (secondary N) is 1. The summed E-state index contributed by atoms with van der Waals surface area (Å²) >= 11 is 1.55. The van der Waals surface area contributed by atoms with E-state index in [4.69, 9.17) is 5.73 Å². The van der Waals surface area contributed by atoms with Crippen LogP contribution >= 0.6 is 11.3 Å². The second-order valence-electron chi connectivity index (χ2n) is 3.56. The van der Waals surface area contributed by atoms with Crippen LogP contribution in [0.25, 0.3) is 0 Å². The van der Waals surface area contributed by atoms with Gasteiger partial charge in [-0.3, -0.25) is 9.89 Å². The van der Waals surface area contributed by atoms with Crippen LogP contribution in [0.1, 0.15) is 21.3 Å². The normalized spacial score (nSPS) is 10.5. The van der Waals surface area contributed by atoms with Crippen molar-refractivity contribution in [3.63, 3.8) is 0 Å². The fraction of sp³-hybridized carbons (Fsp3) is 0.333. The first kappa shape index (κ1) is 11.5. The molecule has 0 spiro atoms. The Morgan fingerprint density at radius 1 is 1.59 bits per heavy atom. The highest BCUT2D eigenvalue weighted by atomic mass is 32.1. The van der Waals surface area contributed by atoms with Crippen molar-refractivity contribution in [2.75, 3.05) is 12.8 Å². The van der Waals surface area contributed by atoms with E-state index in [2.05, 4.69) is 20.2 Å². The molecular formula is C9H12N6OS. The molecule has 0 atom stereocenters. The van der Waals surface area contributed by atoms with Crippen LogP contribution in [0.2, 0.25) is 0 Å². The number of anilines is 1. The maximum absolute atomic E-state index is 11.9. The van der Waals surface area contributed by atoms with Crippen LogP contribution in [0.3, 0.4) is 0 Å². The van der Waals surface area contributed by atoms with Gasteiger partial charge in [-0.15, -0.1) is 16.4 Å². The molecule has 1 amide bonds. The van der Waals surface area contributed by atoms with Crippen molar-refractivity contribution in [3.05, 3.63) is 21.9 Å². The number of nitrogens with two attached hydrogens (primary N) is 1. The number of aromatic nitrogens is 4. The summed E-state index contributed by atoms with van der Waals surface area (Å²) in [5.74, 6) is -0.0666. The third-order valence-electron chi connectivity index (χ3n) is 2.12. The Hall–Kier alpha value is -1.96. The number of hydrogen-bond donors (Lipinski definition) is 2. The number of aryl methyl sites for hydroxylation is 1. The zero-order chi connectivity index (χ0) is 12.4. The minimum absolute atomic E-state index is 0.0613. The smallest absolute Gasteiger partial charge is 0.291 e. The van der Waals surface area contributed by atoms with Gasteiger partial charge in [-0.1, -0.05) is 0 Å². The quantitative estimate of drug-likeness (QED) is 0.824. The van der Waals surface area contributed by atoms with Crippen molar-refractivity contribution in [2.24, 2.45) is 0 Å². The highest BCUT2D eigenvalue weighted by Crippen LogP contribution is 2.10. The molecular weight excluding hydrogens is 240 g/mol. The van der Waals surface area contributed by atoms with Gasteiger partial charge in [0.15, 0.2) is 0 Å². The molecule has 0 fully saturated rings. The molecule has 8 heteroatoms. The molecule has 3 N–H and O–H groups in total. The number of carbonyl (C=O) groups excluding carboxylic acids is 1. The number of hydrogen-bond acceptors (Lipinski definition) is 6. The largest absolute Gasteiger partial charge is 0.366 e. The van der Waals surface area contributed by atoms with Gasteiger partial charge in [0.1, 0.15) is 0 Å². The van der Waals surface area contributed by atoms with Crippen molar-refractivity contribution < 1.29 is 4.79 Å². The summed E-state index contributed by atoms with van der Waals surface area (Å²) < 4.78 is 0. The van der Waals surface area contributed by atoms with Gasteiger partial charge in [0.05, 0.1) is 17.2 Å². The first-order chi connectivity index (χ1) is 8.06. The molecule has 2 rings (SSSR count). The Kier molecular flexibility index (Phi) is 3.05. The molecule has 0 saturated carbocycles. The number of nitrogen functional groups attached to an aromatic ring is 1. The van der Waals surface area contributed by atoms with E-state index in [0.29, 0.717) is 6.54 Å². The Morgan fingerprint density at radius 3 is 2.88 bits per heavy atom. The summed E-state index contributed by atoms with van der Waals surface area (Å²) in [6.45, 7) is 2.36. The van der Waals surface area contributed by atoms with Crippen LogP contribution in [0.5, 0.6) is 0 Å². The van der Waals surface area contributed by atoms with Crippen molar-refractivity contribution in [1.29, 1.82) is 0 Å². The summed E-state index contributed by atoms with van der Waals surface area (Å²) in [6.07, 6.45) is 0. The molecule has 0 unspecified atom stereocenters. The lowest BCUT2D eigenvalue weighted by Crippen LogP contribution is -2.27. The average Bonchev–Trinajstić information content (AvgIpc) is 2.87. The molecule has 2 heterocycles. The van der Waals surface area contributed by atoms with Gasteiger partial charge >= 0.3 is 0 Å². The standard InChI is InChI=1S/C9H12N6OS/c1-5-11-6(4-17-5)3-15(2)8(16)7-12-9(10)14-13-7/h4H,3H2,1-2H3,(H3,10,12,13,14). The Morgan fingerprint density at radius 2 is 2.35 bits per heavy atom. The van der Waals surface area contributed by atoms with E-state index in [0.717, 1.165) is 10.7 Å². The summed E-state index contributed by atoms with van der Waals surface area (Å²) in [7, 11) is 1.68. The molecule has 0 aliphatic rings. The molecule has 2 aromatic rings. The molecule has 2 aromatic heterocycles. The minimum Gasteiger partial charge on any atom is -0.366 e. The van der Waals surface area contributed by atoms with Crippen LogP contribution in [0, 0.1) is 6.92 Å². The second-order valence-corrected chi connectivity index (χ2v) is 4.62. The number of amides is 1. The van der Waals surface area contributed by atoms with Gasteiger partial charge in [-0.2, -0.15) is 4.98 Å². The minimum atomic E-state index is -0.264. The molecule has 0 saturated heterocycles.